The maximum absolute atomic E-state index is 13.3. The van der Waals surface area contributed by atoms with E-state index in [1.54, 1.807) is 24.4 Å². The molecule has 0 saturated heterocycles. The number of para-hydroxylation sites is 1. The van der Waals surface area contributed by atoms with Crippen molar-refractivity contribution in [2.75, 3.05) is 17.7 Å². The van der Waals surface area contributed by atoms with E-state index in [1.807, 2.05) is 42.8 Å². The Labute approximate surface area is 241 Å². The molecule has 2 amide bonds. The number of hydrogen-bond donors (Lipinski definition) is 3. The number of benzene rings is 2. The molecule has 0 bridgehead atoms. The average molecular weight is 573 g/mol. The maximum Gasteiger partial charge on any atom is 0.257 e. The van der Waals surface area contributed by atoms with E-state index in [-0.39, 0.29) is 18.7 Å². The van der Waals surface area contributed by atoms with Gasteiger partial charge in [-0.25, -0.2) is 13.8 Å². The first kappa shape index (κ1) is 27.4. The number of rotatable bonds is 7. The topological polar surface area (TPSA) is 110 Å². The van der Waals surface area contributed by atoms with Gasteiger partial charge in [0.2, 0.25) is 5.95 Å². The third-order valence-electron chi connectivity index (χ3n) is 7.79. The fourth-order valence-corrected chi connectivity index (χ4v) is 5.50. The molecule has 42 heavy (non-hydrogen) atoms. The molecule has 6 rings (SSSR count). The molecule has 11 heteroatoms. The van der Waals surface area contributed by atoms with Gasteiger partial charge in [-0.2, -0.15) is 4.98 Å². The molecule has 1 aliphatic carbocycles. The van der Waals surface area contributed by atoms with E-state index in [9.17, 15) is 18.4 Å². The van der Waals surface area contributed by atoms with E-state index < -0.39 is 17.9 Å². The van der Waals surface area contributed by atoms with Crippen molar-refractivity contribution in [3.8, 4) is 11.6 Å². The van der Waals surface area contributed by atoms with Gasteiger partial charge in [-0.3, -0.25) is 9.59 Å². The molecule has 0 radical (unpaired) electrons. The molecule has 1 fully saturated rings. The summed E-state index contributed by atoms with van der Waals surface area (Å²) in [6.07, 6.45) is 4.24. The van der Waals surface area contributed by atoms with Crippen LogP contribution in [-0.2, 0) is 12.8 Å². The normalized spacial score (nSPS) is 15.2. The van der Waals surface area contributed by atoms with Crippen molar-refractivity contribution < 1.29 is 23.1 Å². The number of alkyl halides is 2. The second-order valence-corrected chi connectivity index (χ2v) is 10.8. The molecule has 9 nitrogen and oxygen atoms in total. The summed E-state index contributed by atoms with van der Waals surface area (Å²) in [7, 11) is 1.47. The van der Waals surface area contributed by atoms with Crippen molar-refractivity contribution in [1.82, 2.24) is 19.9 Å². The number of hydrogen-bond acceptors (Lipinski definition) is 6. The van der Waals surface area contributed by atoms with Gasteiger partial charge in [0.25, 0.3) is 17.7 Å². The Bertz CT molecular complexity index is 1690. The summed E-state index contributed by atoms with van der Waals surface area (Å²) in [6.45, 7) is 3.94. The number of aromatic nitrogens is 3. The van der Waals surface area contributed by atoms with Crippen molar-refractivity contribution in [2.24, 2.45) is 0 Å². The molecule has 0 atom stereocenters. The van der Waals surface area contributed by atoms with E-state index in [0.717, 1.165) is 28.1 Å². The van der Waals surface area contributed by atoms with Gasteiger partial charge in [0, 0.05) is 53.8 Å². The summed E-state index contributed by atoms with van der Waals surface area (Å²) in [5.41, 5.74) is 6.05. The van der Waals surface area contributed by atoms with Crippen LogP contribution in [0.5, 0.6) is 5.75 Å². The van der Waals surface area contributed by atoms with Crippen LogP contribution in [0, 0.1) is 13.8 Å². The highest BCUT2D eigenvalue weighted by atomic mass is 19.3. The molecule has 2 aromatic carbocycles. The highest BCUT2D eigenvalue weighted by Gasteiger charge is 2.46. The maximum atomic E-state index is 13.3. The molecule has 3 heterocycles. The van der Waals surface area contributed by atoms with Crippen molar-refractivity contribution in [3.63, 3.8) is 0 Å². The van der Waals surface area contributed by atoms with Crippen LogP contribution in [0.2, 0.25) is 0 Å². The average Bonchev–Trinajstić information content (AvgIpc) is 3.39. The first-order chi connectivity index (χ1) is 20.1. The first-order valence-corrected chi connectivity index (χ1v) is 13.7. The molecule has 1 aliphatic heterocycles. The van der Waals surface area contributed by atoms with Gasteiger partial charge in [-0.1, -0.05) is 18.2 Å². The van der Waals surface area contributed by atoms with Crippen LogP contribution >= 0.6 is 0 Å². The number of nitrogens with one attached hydrogen (secondary N) is 3. The van der Waals surface area contributed by atoms with Crippen LogP contribution < -0.4 is 20.7 Å². The largest absolute Gasteiger partial charge is 0.495 e. The predicted octanol–water partition coefficient (Wildman–Crippen LogP) is 5.51. The van der Waals surface area contributed by atoms with Crippen LogP contribution in [-0.4, -0.2) is 45.4 Å². The monoisotopic (exact) mass is 572 g/mol. The number of ether oxygens (including phenoxy) is 1. The molecule has 3 N–H and O–H groups in total. The first-order valence-electron chi connectivity index (χ1n) is 13.7. The Kier molecular flexibility index (Phi) is 6.88. The second kappa shape index (κ2) is 10.6. The number of anilines is 3. The van der Waals surface area contributed by atoms with Crippen molar-refractivity contribution in [1.29, 1.82) is 0 Å². The number of nitrogens with zero attached hydrogens (tertiary/aromatic N) is 3. The zero-order valence-corrected chi connectivity index (χ0v) is 23.4. The summed E-state index contributed by atoms with van der Waals surface area (Å²) in [6, 6.07) is 11.9. The number of aryl methyl sites for hydroxylation is 3. The Morgan fingerprint density at radius 3 is 2.52 bits per heavy atom. The molecule has 0 unspecified atom stereocenters. The van der Waals surface area contributed by atoms with Gasteiger partial charge in [-0.15, -0.1) is 0 Å². The Morgan fingerprint density at radius 2 is 1.81 bits per heavy atom. The van der Waals surface area contributed by atoms with Gasteiger partial charge >= 0.3 is 0 Å². The SMILES string of the molecule is COc1cc(C(=O)NC2CC(F)(F)C2)ccc1Nc1ncc2c(n1)-n1ccc(C(=O)Nc3c(C)cccc3C)c1CC2. The van der Waals surface area contributed by atoms with Crippen LogP contribution in [0.1, 0.15) is 55.9 Å². The van der Waals surface area contributed by atoms with Crippen LogP contribution in [0.15, 0.2) is 54.9 Å². The van der Waals surface area contributed by atoms with Crippen molar-refractivity contribution >= 4 is 29.1 Å². The number of carbonyl (C=O) groups excluding carboxylic acids is 2. The molecular formula is C31H30F2N6O3. The van der Waals surface area contributed by atoms with E-state index in [2.05, 4.69) is 20.9 Å². The van der Waals surface area contributed by atoms with Gasteiger partial charge in [0.05, 0.1) is 18.4 Å². The lowest BCUT2D eigenvalue weighted by molar-refractivity contribution is -0.0901. The van der Waals surface area contributed by atoms with E-state index in [1.165, 1.54) is 13.2 Å². The van der Waals surface area contributed by atoms with Crippen LogP contribution in [0.3, 0.4) is 0 Å². The minimum Gasteiger partial charge on any atom is -0.495 e. The third-order valence-corrected chi connectivity index (χ3v) is 7.79. The Morgan fingerprint density at radius 1 is 1.05 bits per heavy atom. The van der Waals surface area contributed by atoms with Gasteiger partial charge in [0.1, 0.15) is 11.6 Å². The summed E-state index contributed by atoms with van der Waals surface area (Å²) in [5, 5.41) is 8.85. The lowest BCUT2D eigenvalue weighted by Crippen LogP contribution is -2.50. The summed E-state index contributed by atoms with van der Waals surface area (Å²) < 4.78 is 33.7. The fourth-order valence-electron chi connectivity index (χ4n) is 5.50. The van der Waals surface area contributed by atoms with Crippen LogP contribution in [0.4, 0.5) is 26.1 Å². The minimum absolute atomic E-state index is 0.170. The highest BCUT2D eigenvalue weighted by Crippen LogP contribution is 2.38. The summed E-state index contributed by atoms with van der Waals surface area (Å²) in [4.78, 5) is 35.1. The van der Waals surface area contributed by atoms with Crippen LogP contribution in [0.25, 0.3) is 5.82 Å². The molecule has 2 aromatic heterocycles. The Hall–Kier alpha value is -4.80. The van der Waals surface area contributed by atoms with E-state index in [4.69, 9.17) is 9.72 Å². The molecule has 4 aromatic rings. The molecule has 0 spiro atoms. The predicted molar refractivity (Wildman–Crippen MR) is 154 cm³/mol. The van der Waals surface area contributed by atoms with Gasteiger partial charge in [0.15, 0.2) is 0 Å². The van der Waals surface area contributed by atoms with Crippen molar-refractivity contribution in [2.45, 2.75) is 51.5 Å². The lowest BCUT2D eigenvalue weighted by atomic mass is 9.88. The summed E-state index contributed by atoms with van der Waals surface area (Å²) in [5.74, 6) is -1.97. The summed E-state index contributed by atoms with van der Waals surface area (Å²) >= 11 is 0. The number of halogens is 2. The number of methoxy groups -OCH3 is 1. The standard InChI is InChI=1S/C31H30F2N6O3/c1-17-5-4-6-18(2)26(17)37-29(41)22-11-12-39-24(22)10-8-20-16-34-30(38-27(20)39)36-23-9-7-19(13-25(23)42-3)28(40)35-21-14-31(32,33)15-21/h4-7,9,11-13,16,21H,8,10,14-15H2,1-3H3,(H,35,40)(H,37,41)(H,34,36,38). The van der Waals surface area contributed by atoms with Crippen molar-refractivity contribution in [3.05, 3.63) is 88.4 Å². The zero-order valence-electron chi connectivity index (χ0n) is 23.4. The third kappa shape index (κ3) is 5.17. The number of fused-ring (bicyclic) bond motifs is 3. The molecular weight excluding hydrogens is 542 g/mol. The number of carbonyl (C=O) groups is 2. The van der Waals surface area contributed by atoms with E-state index in [0.29, 0.717) is 47.2 Å². The second-order valence-electron chi connectivity index (χ2n) is 10.8. The Balaban J connectivity index is 1.21. The molecule has 2 aliphatic rings. The van der Waals surface area contributed by atoms with E-state index >= 15 is 0 Å². The fraction of sp³-hybridized carbons (Fsp3) is 0.290. The highest BCUT2D eigenvalue weighted by molar-refractivity contribution is 6.06. The minimum atomic E-state index is -2.71. The quantitative estimate of drug-likeness (QED) is 0.269. The number of amides is 2. The smallest absolute Gasteiger partial charge is 0.257 e. The van der Waals surface area contributed by atoms with Gasteiger partial charge < -0.3 is 25.3 Å². The zero-order chi connectivity index (χ0) is 29.6. The molecule has 1 saturated carbocycles. The lowest BCUT2D eigenvalue weighted by Gasteiger charge is -2.35. The van der Waals surface area contributed by atoms with Gasteiger partial charge in [-0.05, 0) is 62.1 Å². The molecule has 216 valence electrons.